The lowest BCUT2D eigenvalue weighted by Crippen LogP contribution is -2.02. The highest BCUT2D eigenvalue weighted by Gasteiger charge is 2.08. The second kappa shape index (κ2) is 5.25. The predicted octanol–water partition coefficient (Wildman–Crippen LogP) is 3.32. The maximum absolute atomic E-state index is 11.6. The molecule has 0 radical (unpaired) electrons. The van der Waals surface area contributed by atoms with Gasteiger partial charge in [0.25, 0.3) is 0 Å². The van der Waals surface area contributed by atoms with Crippen molar-refractivity contribution in [2.45, 2.75) is 6.92 Å². The van der Waals surface area contributed by atoms with Crippen molar-refractivity contribution >= 4 is 11.5 Å². The van der Waals surface area contributed by atoms with Gasteiger partial charge < -0.3 is 5.73 Å². The van der Waals surface area contributed by atoms with Crippen molar-refractivity contribution in [3.63, 3.8) is 0 Å². The minimum absolute atomic E-state index is 0.0511. The van der Waals surface area contributed by atoms with Crippen LogP contribution in [0, 0.1) is 0 Å². The first-order valence-corrected chi connectivity index (χ1v) is 6.66. The Kier molecular flexibility index (Phi) is 3.28. The molecule has 0 bridgehead atoms. The van der Waals surface area contributed by atoms with Crippen molar-refractivity contribution in [1.82, 2.24) is 9.78 Å². The SMILES string of the molecule is CC(=O)c1cc(-n2cc(-c3ccccc3)cn2)ccc1N. The first kappa shape index (κ1) is 13.1. The van der Waals surface area contributed by atoms with Crippen molar-refractivity contribution in [3.05, 3.63) is 66.5 Å². The highest BCUT2D eigenvalue weighted by Crippen LogP contribution is 2.22. The third-order valence-corrected chi connectivity index (χ3v) is 3.37. The Hall–Kier alpha value is -2.88. The fraction of sp³-hybridized carbons (Fsp3) is 0.0588. The van der Waals surface area contributed by atoms with Crippen LogP contribution >= 0.6 is 0 Å². The maximum atomic E-state index is 11.6. The van der Waals surface area contributed by atoms with E-state index in [4.69, 9.17) is 5.73 Å². The molecule has 1 heterocycles. The van der Waals surface area contributed by atoms with E-state index in [0.29, 0.717) is 11.3 Å². The number of carbonyl (C=O) groups excluding carboxylic acids is 1. The first-order chi connectivity index (χ1) is 10.1. The number of nitrogens with two attached hydrogens (primary N) is 1. The molecule has 0 saturated heterocycles. The summed E-state index contributed by atoms with van der Waals surface area (Å²) in [6, 6.07) is 15.4. The standard InChI is InChI=1S/C17H15N3O/c1-12(21)16-9-15(7-8-17(16)18)20-11-14(10-19-20)13-5-3-2-4-6-13/h2-11H,18H2,1H3. The monoisotopic (exact) mass is 277 g/mol. The molecule has 2 aromatic carbocycles. The molecule has 2 N–H and O–H groups in total. The Morgan fingerprint density at radius 1 is 1.10 bits per heavy atom. The summed E-state index contributed by atoms with van der Waals surface area (Å²) < 4.78 is 1.74. The summed E-state index contributed by atoms with van der Waals surface area (Å²) in [7, 11) is 0. The molecule has 4 heteroatoms. The normalized spacial score (nSPS) is 10.5. The Balaban J connectivity index is 2.01. The molecule has 0 spiro atoms. The molecule has 0 saturated carbocycles. The number of carbonyl (C=O) groups is 1. The summed E-state index contributed by atoms with van der Waals surface area (Å²) in [4.78, 5) is 11.6. The lowest BCUT2D eigenvalue weighted by Gasteiger charge is -2.06. The average molecular weight is 277 g/mol. The second-order valence-electron chi connectivity index (χ2n) is 4.87. The molecule has 0 aliphatic heterocycles. The van der Waals surface area contributed by atoms with Gasteiger partial charge in [0.2, 0.25) is 0 Å². The largest absolute Gasteiger partial charge is 0.398 e. The van der Waals surface area contributed by atoms with E-state index in [-0.39, 0.29) is 5.78 Å². The van der Waals surface area contributed by atoms with Gasteiger partial charge in [-0.2, -0.15) is 5.10 Å². The number of rotatable bonds is 3. The Morgan fingerprint density at radius 2 is 1.86 bits per heavy atom. The van der Waals surface area contributed by atoms with Gasteiger partial charge in [-0.1, -0.05) is 30.3 Å². The highest BCUT2D eigenvalue weighted by molar-refractivity contribution is 5.99. The fourth-order valence-electron chi connectivity index (χ4n) is 2.24. The number of hydrogen-bond acceptors (Lipinski definition) is 3. The summed E-state index contributed by atoms with van der Waals surface area (Å²) in [5, 5.41) is 4.36. The molecular weight excluding hydrogens is 262 g/mol. The minimum atomic E-state index is -0.0511. The van der Waals surface area contributed by atoms with Crippen molar-refractivity contribution < 1.29 is 4.79 Å². The van der Waals surface area contributed by atoms with E-state index in [1.165, 1.54) is 6.92 Å². The molecular formula is C17H15N3O. The summed E-state index contributed by atoms with van der Waals surface area (Å²) in [5.74, 6) is -0.0511. The number of ketones is 1. The van der Waals surface area contributed by atoms with Gasteiger partial charge >= 0.3 is 0 Å². The Bertz CT molecular complexity index is 791. The van der Waals surface area contributed by atoms with Crippen molar-refractivity contribution in [3.8, 4) is 16.8 Å². The number of aromatic nitrogens is 2. The first-order valence-electron chi connectivity index (χ1n) is 6.66. The van der Waals surface area contributed by atoms with Crippen LogP contribution in [0.4, 0.5) is 5.69 Å². The third-order valence-electron chi connectivity index (χ3n) is 3.37. The molecule has 0 amide bonds. The van der Waals surface area contributed by atoms with Gasteiger partial charge in [-0.25, -0.2) is 4.68 Å². The van der Waals surface area contributed by atoms with Crippen LogP contribution in [0.5, 0.6) is 0 Å². The summed E-state index contributed by atoms with van der Waals surface area (Å²) in [5.41, 5.74) is 9.76. The quantitative estimate of drug-likeness (QED) is 0.590. The van der Waals surface area contributed by atoms with Crippen LogP contribution in [0.2, 0.25) is 0 Å². The number of nitrogen functional groups attached to an aromatic ring is 1. The van der Waals surface area contributed by atoms with Gasteiger partial charge in [0.05, 0.1) is 11.9 Å². The summed E-state index contributed by atoms with van der Waals surface area (Å²) >= 11 is 0. The number of Topliss-reactive ketones (excluding diaryl/α,β-unsaturated/α-hetero) is 1. The van der Waals surface area contributed by atoms with Gasteiger partial charge in [-0.15, -0.1) is 0 Å². The number of anilines is 1. The molecule has 0 unspecified atom stereocenters. The topological polar surface area (TPSA) is 60.9 Å². The molecule has 4 nitrogen and oxygen atoms in total. The average Bonchev–Trinajstić information content (AvgIpc) is 2.98. The number of benzene rings is 2. The summed E-state index contributed by atoms with van der Waals surface area (Å²) in [6.07, 6.45) is 3.74. The highest BCUT2D eigenvalue weighted by atomic mass is 16.1. The fourth-order valence-corrected chi connectivity index (χ4v) is 2.24. The lowest BCUT2D eigenvalue weighted by atomic mass is 10.1. The van der Waals surface area contributed by atoms with Crippen LogP contribution < -0.4 is 5.73 Å². The smallest absolute Gasteiger partial charge is 0.161 e. The second-order valence-corrected chi connectivity index (χ2v) is 4.87. The zero-order valence-electron chi connectivity index (χ0n) is 11.7. The van der Waals surface area contributed by atoms with E-state index in [1.807, 2.05) is 42.6 Å². The molecule has 3 aromatic rings. The van der Waals surface area contributed by atoms with Gasteiger partial charge in [-0.05, 0) is 30.7 Å². The number of nitrogens with zero attached hydrogens (tertiary/aromatic N) is 2. The van der Waals surface area contributed by atoms with Crippen molar-refractivity contribution in [2.24, 2.45) is 0 Å². The van der Waals surface area contributed by atoms with Crippen molar-refractivity contribution in [1.29, 1.82) is 0 Å². The van der Waals surface area contributed by atoms with E-state index in [2.05, 4.69) is 5.10 Å². The van der Waals surface area contributed by atoms with Crippen LogP contribution in [0.25, 0.3) is 16.8 Å². The molecule has 1 aromatic heterocycles. The lowest BCUT2D eigenvalue weighted by molar-refractivity contribution is 0.101. The molecule has 104 valence electrons. The maximum Gasteiger partial charge on any atom is 0.161 e. The van der Waals surface area contributed by atoms with Gasteiger partial charge in [0.15, 0.2) is 5.78 Å². The van der Waals surface area contributed by atoms with Gasteiger partial charge in [0, 0.05) is 23.0 Å². The van der Waals surface area contributed by atoms with E-state index in [1.54, 1.807) is 23.0 Å². The van der Waals surface area contributed by atoms with Gasteiger partial charge in [-0.3, -0.25) is 4.79 Å². The Labute approximate surface area is 122 Å². The molecule has 3 rings (SSSR count). The zero-order chi connectivity index (χ0) is 14.8. The van der Waals surface area contributed by atoms with E-state index >= 15 is 0 Å². The molecule has 0 atom stereocenters. The van der Waals surface area contributed by atoms with Crippen LogP contribution in [-0.2, 0) is 0 Å². The van der Waals surface area contributed by atoms with E-state index in [9.17, 15) is 4.79 Å². The summed E-state index contributed by atoms with van der Waals surface area (Å²) in [6.45, 7) is 1.51. The third kappa shape index (κ3) is 2.56. The molecule has 21 heavy (non-hydrogen) atoms. The predicted molar refractivity (Wildman–Crippen MR) is 83.4 cm³/mol. The van der Waals surface area contributed by atoms with E-state index in [0.717, 1.165) is 16.8 Å². The Morgan fingerprint density at radius 3 is 2.57 bits per heavy atom. The van der Waals surface area contributed by atoms with Crippen LogP contribution in [0.3, 0.4) is 0 Å². The number of hydrogen-bond donors (Lipinski definition) is 1. The molecule has 0 fully saturated rings. The van der Waals surface area contributed by atoms with Gasteiger partial charge in [0.1, 0.15) is 0 Å². The molecule has 0 aliphatic carbocycles. The zero-order valence-corrected chi connectivity index (χ0v) is 11.7. The van der Waals surface area contributed by atoms with E-state index < -0.39 is 0 Å². The van der Waals surface area contributed by atoms with Crippen LogP contribution in [0.15, 0.2) is 60.9 Å². The molecule has 0 aliphatic rings. The van der Waals surface area contributed by atoms with Crippen molar-refractivity contribution in [2.75, 3.05) is 5.73 Å². The minimum Gasteiger partial charge on any atom is -0.398 e. The van der Waals surface area contributed by atoms with Crippen LogP contribution in [0.1, 0.15) is 17.3 Å². The van der Waals surface area contributed by atoms with Crippen LogP contribution in [-0.4, -0.2) is 15.6 Å².